The normalized spacial score (nSPS) is 26.1. The van der Waals surface area contributed by atoms with E-state index in [2.05, 4.69) is 18.8 Å². The molecule has 1 saturated carbocycles. The van der Waals surface area contributed by atoms with E-state index in [1.807, 2.05) is 6.07 Å². The number of hydrogen-bond acceptors (Lipinski definition) is 2. The van der Waals surface area contributed by atoms with Gasteiger partial charge in [-0.25, -0.2) is 0 Å². The second-order valence-corrected chi connectivity index (χ2v) is 6.95. The highest BCUT2D eigenvalue weighted by atomic mass is 35.5. The van der Waals surface area contributed by atoms with E-state index in [1.165, 1.54) is 6.42 Å². The van der Waals surface area contributed by atoms with Crippen LogP contribution in [0.2, 0.25) is 5.02 Å². The fourth-order valence-electron chi connectivity index (χ4n) is 3.42. The lowest BCUT2D eigenvalue weighted by Crippen LogP contribution is -2.34. The number of H-pyrrole nitrogens is 1. The molecule has 1 aliphatic rings. The van der Waals surface area contributed by atoms with Gasteiger partial charge in [-0.05, 0) is 48.7 Å². The monoisotopic (exact) mass is 322 g/mol. The van der Waals surface area contributed by atoms with E-state index in [0.717, 1.165) is 18.4 Å². The van der Waals surface area contributed by atoms with Crippen LogP contribution in [-0.2, 0) is 0 Å². The Bertz CT molecular complexity index is 795. The fourth-order valence-corrected chi connectivity index (χ4v) is 3.92. The molecule has 5 heteroatoms. The minimum atomic E-state index is -0.0257. The van der Waals surface area contributed by atoms with Crippen molar-refractivity contribution in [2.75, 3.05) is 0 Å². The maximum absolute atomic E-state index is 12.9. The van der Waals surface area contributed by atoms with Crippen LogP contribution in [0.25, 0.3) is 10.9 Å². The molecule has 0 spiro atoms. The third-order valence-electron chi connectivity index (χ3n) is 4.89. The minimum Gasteiger partial charge on any atom is -0.332 e. The summed E-state index contributed by atoms with van der Waals surface area (Å²) in [7, 11) is 0. The molecule has 0 amide bonds. The fraction of sp³-hybridized carbons (Fsp3) is 0.500. The summed E-state index contributed by atoms with van der Waals surface area (Å²) in [4.78, 5) is 16.0. The van der Waals surface area contributed by atoms with Crippen molar-refractivity contribution < 1.29 is 0 Å². The van der Waals surface area contributed by atoms with Crippen molar-refractivity contribution in [1.82, 2.24) is 9.55 Å². The second-order valence-electron chi connectivity index (χ2n) is 6.13. The molecule has 2 aromatic rings. The highest BCUT2D eigenvalue weighted by Crippen LogP contribution is 2.37. The molecule has 1 fully saturated rings. The molecule has 3 nitrogen and oxygen atoms in total. The molecule has 1 heterocycles. The maximum atomic E-state index is 12.9. The topological polar surface area (TPSA) is 37.8 Å². The molecular formula is C16H19ClN2OS. The average Bonchev–Trinajstić information content (AvgIpc) is 2.44. The summed E-state index contributed by atoms with van der Waals surface area (Å²) in [6.07, 6.45) is 3.38. The summed E-state index contributed by atoms with van der Waals surface area (Å²) in [5, 5.41) is 1.18. The van der Waals surface area contributed by atoms with E-state index in [0.29, 0.717) is 27.0 Å². The van der Waals surface area contributed by atoms with Crippen molar-refractivity contribution in [3.63, 3.8) is 0 Å². The number of hydrogen-bond donors (Lipinski definition) is 1. The molecular weight excluding hydrogens is 304 g/mol. The minimum absolute atomic E-state index is 0.0257. The van der Waals surface area contributed by atoms with E-state index in [9.17, 15) is 4.79 Å². The van der Waals surface area contributed by atoms with Crippen molar-refractivity contribution in [2.45, 2.75) is 39.2 Å². The van der Waals surface area contributed by atoms with Gasteiger partial charge < -0.3 is 4.98 Å². The summed E-state index contributed by atoms with van der Waals surface area (Å²) in [5.74, 6) is 1.06. The van der Waals surface area contributed by atoms with Crippen LogP contribution in [0, 0.1) is 16.6 Å². The molecule has 3 rings (SSSR count). The number of aromatic amines is 1. The lowest BCUT2D eigenvalue weighted by Gasteiger charge is -2.35. The molecule has 21 heavy (non-hydrogen) atoms. The van der Waals surface area contributed by atoms with Gasteiger partial charge in [-0.2, -0.15) is 0 Å². The number of benzene rings is 1. The van der Waals surface area contributed by atoms with Gasteiger partial charge in [0.15, 0.2) is 4.77 Å². The Balaban J connectivity index is 2.23. The Morgan fingerprint density at radius 1 is 1.33 bits per heavy atom. The smallest absolute Gasteiger partial charge is 0.262 e. The van der Waals surface area contributed by atoms with E-state index in [4.69, 9.17) is 23.8 Å². The standard InChI is InChI=1S/C16H19ClN2OS/c1-9-4-3-5-14(10(9)2)19-15(20)12-8-11(17)6-7-13(12)18-16(19)21/h6-10,14H,3-5H2,1-2H3,(H,18,21)/t9-,10+,14+/m1/s1. The van der Waals surface area contributed by atoms with Gasteiger partial charge in [-0.3, -0.25) is 9.36 Å². The van der Waals surface area contributed by atoms with Crippen LogP contribution in [0.4, 0.5) is 0 Å². The van der Waals surface area contributed by atoms with Gasteiger partial charge in [-0.1, -0.05) is 38.3 Å². The number of nitrogens with zero attached hydrogens (tertiary/aromatic N) is 1. The van der Waals surface area contributed by atoms with Crippen LogP contribution < -0.4 is 5.56 Å². The second kappa shape index (κ2) is 5.58. The molecule has 3 atom stereocenters. The summed E-state index contributed by atoms with van der Waals surface area (Å²) in [6.45, 7) is 4.48. The van der Waals surface area contributed by atoms with E-state index in [1.54, 1.807) is 16.7 Å². The van der Waals surface area contributed by atoms with Crippen LogP contribution in [-0.4, -0.2) is 9.55 Å². The maximum Gasteiger partial charge on any atom is 0.262 e. The summed E-state index contributed by atoms with van der Waals surface area (Å²) in [5.41, 5.74) is 0.726. The molecule has 0 bridgehead atoms. The predicted octanol–water partition coefficient (Wildman–Crippen LogP) is 4.71. The van der Waals surface area contributed by atoms with Crippen LogP contribution in [0.15, 0.2) is 23.0 Å². The number of halogens is 1. The predicted molar refractivity (Wildman–Crippen MR) is 89.6 cm³/mol. The lowest BCUT2D eigenvalue weighted by atomic mass is 9.78. The Hall–Kier alpha value is -1.13. The van der Waals surface area contributed by atoms with Gasteiger partial charge in [0.2, 0.25) is 0 Å². The zero-order chi connectivity index (χ0) is 15.1. The molecule has 1 aliphatic carbocycles. The van der Waals surface area contributed by atoms with Crippen molar-refractivity contribution in [1.29, 1.82) is 0 Å². The lowest BCUT2D eigenvalue weighted by molar-refractivity contribution is 0.181. The first-order valence-corrected chi connectivity index (χ1v) is 8.21. The molecule has 1 aromatic heterocycles. The zero-order valence-electron chi connectivity index (χ0n) is 12.2. The first kappa shape index (κ1) is 14.8. The Morgan fingerprint density at radius 2 is 2.10 bits per heavy atom. The van der Waals surface area contributed by atoms with Crippen LogP contribution in [0.3, 0.4) is 0 Å². The molecule has 1 N–H and O–H groups in total. The average molecular weight is 323 g/mol. The van der Waals surface area contributed by atoms with E-state index < -0.39 is 0 Å². The first-order valence-electron chi connectivity index (χ1n) is 7.43. The molecule has 0 unspecified atom stereocenters. The highest BCUT2D eigenvalue weighted by molar-refractivity contribution is 7.71. The number of fused-ring (bicyclic) bond motifs is 1. The number of nitrogens with one attached hydrogen (secondary N) is 1. The Kier molecular flexibility index (Phi) is 3.93. The van der Waals surface area contributed by atoms with Crippen molar-refractivity contribution in [3.8, 4) is 0 Å². The Morgan fingerprint density at radius 3 is 2.86 bits per heavy atom. The summed E-state index contributed by atoms with van der Waals surface area (Å²) >= 11 is 11.5. The van der Waals surface area contributed by atoms with E-state index in [-0.39, 0.29) is 11.6 Å². The molecule has 0 saturated heterocycles. The van der Waals surface area contributed by atoms with Gasteiger partial charge in [0.05, 0.1) is 10.9 Å². The van der Waals surface area contributed by atoms with Crippen LogP contribution in [0.5, 0.6) is 0 Å². The van der Waals surface area contributed by atoms with Crippen molar-refractivity contribution in [3.05, 3.63) is 38.3 Å². The molecule has 1 aromatic carbocycles. The van der Waals surface area contributed by atoms with Gasteiger partial charge in [0.1, 0.15) is 0 Å². The largest absolute Gasteiger partial charge is 0.332 e. The van der Waals surface area contributed by atoms with Gasteiger partial charge in [0.25, 0.3) is 5.56 Å². The number of aromatic nitrogens is 2. The van der Waals surface area contributed by atoms with Gasteiger partial charge >= 0.3 is 0 Å². The SMILES string of the molecule is C[C@H]1[C@H](C)CCC[C@@H]1n1c(=S)[nH]c2ccc(Cl)cc2c1=O. The summed E-state index contributed by atoms with van der Waals surface area (Å²) in [6, 6.07) is 5.47. The highest BCUT2D eigenvalue weighted by Gasteiger charge is 2.29. The number of rotatable bonds is 1. The third-order valence-corrected chi connectivity index (χ3v) is 5.42. The van der Waals surface area contributed by atoms with Crippen LogP contribution in [0.1, 0.15) is 39.2 Å². The van der Waals surface area contributed by atoms with Crippen LogP contribution >= 0.6 is 23.8 Å². The molecule has 0 radical (unpaired) electrons. The Labute approximate surface area is 133 Å². The quantitative estimate of drug-likeness (QED) is 0.772. The molecule has 112 valence electrons. The van der Waals surface area contributed by atoms with Crippen molar-refractivity contribution >= 4 is 34.7 Å². The van der Waals surface area contributed by atoms with Gasteiger partial charge in [-0.15, -0.1) is 0 Å². The molecule has 0 aliphatic heterocycles. The first-order chi connectivity index (χ1) is 9.99. The summed E-state index contributed by atoms with van der Waals surface area (Å²) < 4.78 is 2.29. The van der Waals surface area contributed by atoms with E-state index >= 15 is 0 Å². The van der Waals surface area contributed by atoms with Gasteiger partial charge in [0, 0.05) is 11.1 Å². The third kappa shape index (κ3) is 2.55. The zero-order valence-corrected chi connectivity index (χ0v) is 13.8. The van der Waals surface area contributed by atoms with Crippen molar-refractivity contribution in [2.24, 2.45) is 11.8 Å².